The van der Waals surface area contributed by atoms with Crippen LogP contribution in [0.1, 0.15) is 18.6 Å². The number of anilines is 1. The van der Waals surface area contributed by atoms with Gasteiger partial charge in [0, 0.05) is 11.3 Å². The van der Waals surface area contributed by atoms with Crippen LogP contribution in [0.5, 0.6) is 0 Å². The normalized spacial score (nSPS) is 12.5. The van der Waals surface area contributed by atoms with Crippen molar-refractivity contribution in [1.29, 1.82) is 0 Å². The van der Waals surface area contributed by atoms with Crippen molar-refractivity contribution in [3.05, 3.63) is 29.8 Å². The molecule has 3 heteroatoms. The van der Waals surface area contributed by atoms with Crippen LogP contribution in [0.15, 0.2) is 24.3 Å². The molecule has 0 aliphatic heterocycles. The summed E-state index contributed by atoms with van der Waals surface area (Å²) < 4.78 is 0. The quantitative estimate of drug-likeness (QED) is 0.640. The molecule has 0 amide bonds. The van der Waals surface area contributed by atoms with Crippen LogP contribution < -0.4 is 5.73 Å². The van der Waals surface area contributed by atoms with Crippen molar-refractivity contribution in [3.63, 3.8) is 0 Å². The molecule has 1 rings (SSSR count). The first-order valence-corrected chi connectivity index (χ1v) is 3.66. The molecule has 12 heavy (non-hydrogen) atoms. The first-order chi connectivity index (χ1) is 5.63. The summed E-state index contributed by atoms with van der Waals surface area (Å²) in [6.45, 7) is 1.33. The standard InChI is InChI=1S/C9H11NO2/c1-6(11)9(12)7-4-2-3-5-8(7)10/h2-5,9,12H,10H2,1H3. The van der Waals surface area contributed by atoms with E-state index in [1.807, 2.05) is 0 Å². The number of benzene rings is 1. The predicted octanol–water partition coefficient (Wildman–Crippen LogP) is 0.891. The molecule has 0 fully saturated rings. The lowest BCUT2D eigenvalue weighted by Gasteiger charge is -2.08. The zero-order valence-electron chi connectivity index (χ0n) is 6.82. The number of hydrogen-bond acceptors (Lipinski definition) is 3. The van der Waals surface area contributed by atoms with Gasteiger partial charge in [0.25, 0.3) is 0 Å². The second-order valence-corrected chi connectivity index (χ2v) is 2.64. The third-order valence-electron chi connectivity index (χ3n) is 1.68. The molecule has 0 bridgehead atoms. The highest BCUT2D eigenvalue weighted by molar-refractivity contribution is 5.83. The van der Waals surface area contributed by atoms with Gasteiger partial charge in [0.15, 0.2) is 5.78 Å². The third kappa shape index (κ3) is 1.62. The number of ketones is 1. The summed E-state index contributed by atoms with van der Waals surface area (Å²) in [5, 5.41) is 9.35. The Morgan fingerprint density at radius 2 is 2.08 bits per heavy atom. The average molecular weight is 165 g/mol. The van der Waals surface area contributed by atoms with Gasteiger partial charge in [-0.15, -0.1) is 0 Å². The van der Waals surface area contributed by atoms with E-state index in [-0.39, 0.29) is 5.78 Å². The Balaban J connectivity index is 3.02. The number of carbonyl (C=O) groups is 1. The molecule has 1 unspecified atom stereocenters. The molecule has 0 aromatic heterocycles. The molecule has 0 aliphatic carbocycles. The maximum absolute atomic E-state index is 10.8. The van der Waals surface area contributed by atoms with Crippen molar-refractivity contribution >= 4 is 11.5 Å². The van der Waals surface area contributed by atoms with Crippen LogP contribution in [0.25, 0.3) is 0 Å². The minimum atomic E-state index is -1.09. The van der Waals surface area contributed by atoms with E-state index in [0.717, 1.165) is 0 Å². The largest absolute Gasteiger partial charge is 0.398 e. The number of nitrogens with two attached hydrogens (primary N) is 1. The van der Waals surface area contributed by atoms with E-state index in [2.05, 4.69) is 0 Å². The summed E-state index contributed by atoms with van der Waals surface area (Å²) in [7, 11) is 0. The first kappa shape index (κ1) is 8.74. The van der Waals surface area contributed by atoms with Gasteiger partial charge < -0.3 is 10.8 Å². The third-order valence-corrected chi connectivity index (χ3v) is 1.68. The molecule has 0 spiro atoms. The van der Waals surface area contributed by atoms with Crippen molar-refractivity contribution in [2.75, 3.05) is 5.73 Å². The number of para-hydroxylation sites is 1. The van der Waals surface area contributed by atoms with E-state index in [0.29, 0.717) is 11.3 Å². The Morgan fingerprint density at radius 1 is 1.50 bits per heavy atom. The molecule has 0 saturated carbocycles. The van der Waals surface area contributed by atoms with E-state index in [1.165, 1.54) is 6.92 Å². The molecular weight excluding hydrogens is 154 g/mol. The second-order valence-electron chi connectivity index (χ2n) is 2.64. The highest BCUT2D eigenvalue weighted by Crippen LogP contribution is 2.19. The molecule has 0 radical (unpaired) electrons. The summed E-state index contributed by atoms with van der Waals surface area (Å²) >= 11 is 0. The monoisotopic (exact) mass is 165 g/mol. The zero-order chi connectivity index (χ0) is 9.14. The van der Waals surface area contributed by atoms with Gasteiger partial charge in [0.1, 0.15) is 6.10 Å². The van der Waals surface area contributed by atoms with E-state index in [1.54, 1.807) is 24.3 Å². The lowest BCUT2D eigenvalue weighted by Crippen LogP contribution is -2.09. The van der Waals surface area contributed by atoms with Crippen LogP contribution in [0.4, 0.5) is 5.69 Å². The Bertz CT molecular complexity index is 296. The van der Waals surface area contributed by atoms with Gasteiger partial charge >= 0.3 is 0 Å². The first-order valence-electron chi connectivity index (χ1n) is 3.66. The van der Waals surface area contributed by atoms with Crippen LogP contribution in [0, 0.1) is 0 Å². The fourth-order valence-corrected chi connectivity index (χ4v) is 0.979. The topological polar surface area (TPSA) is 63.3 Å². The lowest BCUT2D eigenvalue weighted by molar-refractivity contribution is -0.125. The molecule has 1 atom stereocenters. The Kier molecular flexibility index (Phi) is 2.45. The number of aliphatic hydroxyl groups excluding tert-OH is 1. The van der Waals surface area contributed by atoms with Crippen LogP contribution in [0.3, 0.4) is 0 Å². The van der Waals surface area contributed by atoms with Gasteiger partial charge in [-0.1, -0.05) is 18.2 Å². The summed E-state index contributed by atoms with van der Waals surface area (Å²) in [5.74, 6) is -0.298. The lowest BCUT2D eigenvalue weighted by atomic mass is 10.1. The Hall–Kier alpha value is -1.35. The van der Waals surface area contributed by atoms with Gasteiger partial charge in [0.05, 0.1) is 0 Å². The number of rotatable bonds is 2. The van der Waals surface area contributed by atoms with E-state index in [9.17, 15) is 9.90 Å². The molecule has 1 aromatic carbocycles. The van der Waals surface area contributed by atoms with Crippen molar-refractivity contribution in [3.8, 4) is 0 Å². The number of aliphatic hydroxyl groups is 1. The van der Waals surface area contributed by atoms with Crippen LogP contribution >= 0.6 is 0 Å². The number of Topliss-reactive ketones (excluding diaryl/α,β-unsaturated/α-hetero) is 1. The maximum Gasteiger partial charge on any atom is 0.162 e. The molecule has 1 aromatic rings. The van der Waals surface area contributed by atoms with Gasteiger partial charge in [-0.25, -0.2) is 0 Å². The van der Waals surface area contributed by atoms with E-state index in [4.69, 9.17) is 5.73 Å². The fourth-order valence-electron chi connectivity index (χ4n) is 0.979. The Labute approximate surface area is 70.8 Å². The van der Waals surface area contributed by atoms with Crippen LogP contribution in [-0.2, 0) is 4.79 Å². The van der Waals surface area contributed by atoms with Gasteiger partial charge in [0.2, 0.25) is 0 Å². The second kappa shape index (κ2) is 3.36. The highest BCUT2D eigenvalue weighted by atomic mass is 16.3. The molecule has 3 N–H and O–H groups in total. The van der Waals surface area contributed by atoms with Crippen molar-refractivity contribution in [2.24, 2.45) is 0 Å². The van der Waals surface area contributed by atoms with Crippen molar-refractivity contribution in [2.45, 2.75) is 13.0 Å². The minimum Gasteiger partial charge on any atom is -0.398 e. The van der Waals surface area contributed by atoms with Crippen molar-refractivity contribution in [1.82, 2.24) is 0 Å². The van der Waals surface area contributed by atoms with Gasteiger partial charge in [-0.2, -0.15) is 0 Å². The van der Waals surface area contributed by atoms with E-state index < -0.39 is 6.10 Å². The van der Waals surface area contributed by atoms with Crippen LogP contribution in [-0.4, -0.2) is 10.9 Å². The molecule has 64 valence electrons. The average Bonchev–Trinajstić information content (AvgIpc) is 2.04. The van der Waals surface area contributed by atoms with Crippen LogP contribution in [0.2, 0.25) is 0 Å². The predicted molar refractivity (Wildman–Crippen MR) is 46.5 cm³/mol. The summed E-state index contributed by atoms with van der Waals surface area (Å²) in [5.41, 5.74) is 6.47. The number of nitrogen functional groups attached to an aromatic ring is 1. The molecule has 0 saturated heterocycles. The summed E-state index contributed by atoms with van der Waals surface area (Å²) in [6.07, 6.45) is -1.09. The summed E-state index contributed by atoms with van der Waals surface area (Å²) in [6, 6.07) is 6.78. The fraction of sp³-hybridized carbons (Fsp3) is 0.222. The van der Waals surface area contributed by atoms with Gasteiger partial charge in [-0.3, -0.25) is 4.79 Å². The Morgan fingerprint density at radius 3 is 2.58 bits per heavy atom. The van der Waals surface area contributed by atoms with E-state index >= 15 is 0 Å². The number of hydrogen-bond donors (Lipinski definition) is 2. The zero-order valence-corrected chi connectivity index (χ0v) is 6.82. The molecular formula is C9H11NO2. The summed E-state index contributed by atoms with van der Waals surface area (Å²) in [4.78, 5) is 10.8. The molecule has 0 heterocycles. The smallest absolute Gasteiger partial charge is 0.162 e. The number of carbonyl (C=O) groups excluding carboxylic acids is 1. The highest BCUT2D eigenvalue weighted by Gasteiger charge is 2.14. The molecule has 0 aliphatic rings. The molecule has 3 nitrogen and oxygen atoms in total. The minimum absolute atomic E-state index is 0.298. The van der Waals surface area contributed by atoms with Gasteiger partial charge in [-0.05, 0) is 13.0 Å². The maximum atomic E-state index is 10.8. The SMILES string of the molecule is CC(=O)C(O)c1ccccc1N. The van der Waals surface area contributed by atoms with Crippen molar-refractivity contribution < 1.29 is 9.90 Å².